The Labute approximate surface area is 98.3 Å². The summed E-state index contributed by atoms with van der Waals surface area (Å²) < 4.78 is 15.3. The van der Waals surface area contributed by atoms with Crippen LogP contribution in [-0.2, 0) is 9.53 Å². The van der Waals surface area contributed by atoms with E-state index in [0.717, 1.165) is 0 Å². The van der Waals surface area contributed by atoms with Crippen molar-refractivity contribution in [2.24, 2.45) is 0 Å². The van der Waals surface area contributed by atoms with Gasteiger partial charge in [0, 0.05) is 0 Å². The minimum atomic E-state index is -0.880. The monoisotopic (exact) mass is 236 g/mol. The number of ether oxygens (including phenoxy) is 3. The van der Waals surface area contributed by atoms with E-state index >= 15 is 0 Å². The molecule has 2 rings (SSSR count). The molecule has 0 saturated carbocycles. The third-order valence-corrected chi connectivity index (χ3v) is 2.27. The normalized spacial score (nSPS) is 13.0. The van der Waals surface area contributed by atoms with E-state index in [1.165, 1.54) is 6.07 Å². The van der Waals surface area contributed by atoms with Gasteiger partial charge in [0.2, 0.25) is 0 Å². The van der Waals surface area contributed by atoms with Gasteiger partial charge in [-0.05, 0) is 19.1 Å². The molecule has 0 unspecified atom stereocenters. The van der Waals surface area contributed by atoms with Gasteiger partial charge in [-0.15, -0.1) is 0 Å². The highest BCUT2D eigenvalue weighted by atomic mass is 16.6. The summed E-state index contributed by atoms with van der Waals surface area (Å²) in [4.78, 5) is 23.2. The van der Waals surface area contributed by atoms with Gasteiger partial charge in [0.1, 0.15) is 13.2 Å². The molecule has 0 saturated heterocycles. The summed E-state index contributed by atoms with van der Waals surface area (Å²) in [5.74, 6) is -0.799. The maximum Gasteiger partial charge on any atom is 0.379 e. The van der Waals surface area contributed by atoms with Crippen LogP contribution in [0.5, 0.6) is 11.5 Å². The van der Waals surface area contributed by atoms with Gasteiger partial charge in [0.15, 0.2) is 11.5 Å². The quantitative estimate of drug-likeness (QED) is 0.448. The summed E-state index contributed by atoms with van der Waals surface area (Å²) in [5.41, 5.74) is 0.181. The van der Waals surface area contributed by atoms with Crippen LogP contribution in [0.25, 0.3) is 0 Å². The summed E-state index contributed by atoms with van der Waals surface area (Å²) in [5, 5.41) is 0. The van der Waals surface area contributed by atoms with Crippen LogP contribution in [0, 0.1) is 0 Å². The van der Waals surface area contributed by atoms with Crippen molar-refractivity contribution in [1.82, 2.24) is 0 Å². The Bertz CT molecular complexity index is 452. The predicted molar refractivity (Wildman–Crippen MR) is 58.4 cm³/mol. The lowest BCUT2D eigenvalue weighted by Crippen LogP contribution is -2.22. The maximum atomic E-state index is 11.8. The van der Waals surface area contributed by atoms with E-state index in [4.69, 9.17) is 9.47 Å². The lowest BCUT2D eigenvalue weighted by molar-refractivity contribution is -0.137. The minimum absolute atomic E-state index is 0.164. The van der Waals surface area contributed by atoms with Gasteiger partial charge in [-0.1, -0.05) is 6.07 Å². The van der Waals surface area contributed by atoms with E-state index in [2.05, 4.69) is 4.74 Å². The molecule has 5 heteroatoms. The summed E-state index contributed by atoms with van der Waals surface area (Å²) in [6.07, 6.45) is 0. The van der Waals surface area contributed by atoms with Crippen molar-refractivity contribution in [1.29, 1.82) is 0 Å². The van der Waals surface area contributed by atoms with Gasteiger partial charge in [-0.3, -0.25) is 4.79 Å². The van der Waals surface area contributed by atoms with E-state index < -0.39 is 11.8 Å². The molecular weight excluding hydrogens is 224 g/mol. The van der Waals surface area contributed by atoms with Crippen molar-refractivity contribution >= 4 is 11.8 Å². The number of ketones is 1. The molecule has 5 nitrogen and oxygen atoms in total. The second-order valence-electron chi connectivity index (χ2n) is 3.38. The first-order chi connectivity index (χ1) is 8.24. The van der Waals surface area contributed by atoms with Crippen LogP contribution >= 0.6 is 0 Å². The molecule has 0 spiro atoms. The molecular formula is C12H12O5. The first kappa shape index (κ1) is 11.4. The molecule has 0 radical (unpaired) electrons. The Balaban J connectivity index is 2.32. The van der Waals surface area contributed by atoms with Gasteiger partial charge in [0.05, 0.1) is 12.2 Å². The zero-order valence-corrected chi connectivity index (χ0v) is 9.39. The highest BCUT2D eigenvalue weighted by Gasteiger charge is 2.25. The number of hydrogen-bond acceptors (Lipinski definition) is 5. The van der Waals surface area contributed by atoms with Crippen LogP contribution < -0.4 is 9.47 Å². The molecule has 1 aromatic carbocycles. The Morgan fingerprint density at radius 3 is 2.82 bits per heavy atom. The largest absolute Gasteiger partial charge is 0.486 e. The van der Waals surface area contributed by atoms with Crippen LogP contribution in [0.3, 0.4) is 0 Å². The lowest BCUT2D eigenvalue weighted by Gasteiger charge is -2.19. The van der Waals surface area contributed by atoms with E-state index in [0.29, 0.717) is 24.7 Å². The summed E-state index contributed by atoms with van der Waals surface area (Å²) in [6.45, 7) is 2.60. The van der Waals surface area contributed by atoms with Crippen LogP contribution in [-0.4, -0.2) is 31.6 Å². The van der Waals surface area contributed by atoms with Crippen molar-refractivity contribution in [3.05, 3.63) is 23.8 Å². The molecule has 0 N–H and O–H groups in total. The van der Waals surface area contributed by atoms with Gasteiger partial charge >= 0.3 is 5.97 Å². The Morgan fingerprint density at radius 1 is 1.29 bits per heavy atom. The number of hydrogen-bond donors (Lipinski definition) is 0. The fourth-order valence-corrected chi connectivity index (χ4v) is 1.56. The van der Waals surface area contributed by atoms with Gasteiger partial charge in [-0.2, -0.15) is 0 Å². The number of Topliss-reactive ketones (excluding diaryl/α,β-unsaturated/α-hetero) is 1. The lowest BCUT2D eigenvalue weighted by atomic mass is 10.1. The molecule has 1 aromatic rings. The molecule has 0 amide bonds. The van der Waals surface area contributed by atoms with E-state index in [-0.39, 0.29) is 12.2 Å². The number of para-hydroxylation sites is 1. The third kappa shape index (κ3) is 2.22. The summed E-state index contributed by atoms with van der Waals surface area (Å²) in [7, 11) is 0. The SMILES string of the molecule is CCOC(=O)C(=O)c1cccc2c1OCCO2. The average Bonchev–Trinajstić information content (AvgIpc) is 2.37. The molecule has 0 fully saturated rings. The van der Waals surface area contributed by atoms with E-state index in [1.807, 2.05) is 0 Å². The molecule has 0 aromatic heterocycles. The Morgan fingerprint density at radius 2 is 2.06 bits per heavy atom. The molecule has 90 valence electrons. The first-order valence-electron chi connectivity index (χ1n) is 5.34. The molecule has 1 aliphatic heterocycles. The number of rotatable bonds is 3. The number of fused-ring (bicyclic) bond motifs is 1. The van der Waals surface area contributed by atoms with Crippen molar-refractivity contribution < 1.29 is 23.8 Å². The second kappa shape index (κ2) is 4.86. The number of esters is 1. The van der Waals surface area contributed by atoms with E-state index in [9.17, 15) is 9.59 Å². The molecule has 17 heavy (non-hydrogen) atoms. The smallest absolute Gasteiger partial charge is 0.379 e. The fourth-order valence-electron chi connectivity index (χ4n) is 1.56. The van der Waals surface area contributed by atoms with Gasteiger partial charge < -0.3 is 14.2 Å². The zero-order chi connectivity index (χ0) is 12.3. The van der Waals surface area contributed by atoms with Crippen molar-refractivity contribution in [2.45, 2.75) is 6.92 Å². The van der Waals surface area contributed by atoms with Crippen LogP contribution in [0.1, 0.15) is 17.3 Å². The highest BCUT2D eigenvalue weighted by molar-refractivity contribution is 6.41. The van der Waals surface area contributed by atoms with Crippen LogP contribution in [0.2, 0.25) is 0 Å². The first-order valence-corrected chi connectivity index (χ1v) is 5.34. The standard InChI is InChI=1S/C12H12O5/c1-2-15-12(14)10(13)8-4-3-5-9-11(8)17-7-6-16-9/h3-5H,2,6-7H2,1H3. The third-order valence-electron chi connectivity index (χ3n) is 2.27. The number of benzene rings is 1. The number of carbonyl (C=O) groups excluding carboxylic acids is 2. The van der Waals surface area contributed by atoms with Crippen molar-refractivity contribution in [2.75, 3.05) is 19.8 Å². The Kier molecular flexibility index (Phi) is 3.27. The zero-order valence-electron chi connectivity index (χ0n) is 9.39. The number of carbonyl (C=O) groups is 2. The Hall–Kier alpha value is -2.04. The van der Waals surface area contributed by atoms with Crippen molar-refractivity contribution in [3.8, 4) is 11.5 Å². The van der Waals surface area contributed by atoms with Crippen molar-refractivity contribution in [3.63, 3.8) is 0 Å². The van der Waals surface area contributed by atoms with Gasteiger partial charge in [-0.25, -0.2) is 4.79 Å². The maximum absolute atomic E-state index is 11.8. The topological polar surface area (TPSA) is 61.8 Å². The summed E-state index contributed by atoms with van der Waals surface area (Å²) in [6, 6.07) is 4.85. The van der Waals surface area contributed by atoms with Gasteiger partial charge in [0.25, 0.3) is 5.78 Å². The summed E-state index contributed by atoms with van der Waals surface area (Å²) >= 11 is 0. The highest BCUT2D eigenvalue weighted by Crippen LogP contribution is 2.33. The molecule has 1 aliphatic rings. The molecule has 1 heterocycles. The molecule has 0 aliphatic carbocycles. The second-order valence-corrected chi connectivity index (χ2v) is 3.38. The van der Waals surface area contributed by atoms with Crippen LogP contribution in [0.4, 0.5) is 0 Å². The minimum Gasteiger partial charge on any atom is -0.486 e. The predicted octanol–water partition coefficient (Wildman–Crippen LogP) is 1.20. The van der Waals surface area contributed by atoms with Crippen LogP contribution in [0.15, 0.2) is 18.2 Å². The molecule has 0 bridgehead atoms. The van der Waals surface area contributed by atoms with E-state index in [1.54, 1.807) is 19.1 Å². The average molecular weight is 236 g/mol. The molecule has 0 atom stereocenters. The fraction of sp³-hybridized carbons (Fsp3) is 0.333.